The first kappa shape index (κ1) is 31.5. The molecule has 15 heteroatoms. The summed E-state index contributed by atoms with van der Waals surface area (Å²) in [4.78, 5) is 70.9. The Bertz CT molecular complexity index is 739. The fraction of sp³-hybridized carbons (Fsp3) is 0.684. The van der Waals surface area contributed by atoms with E-state index in [0.717, 1.165) is 0 Å². The second-order valence-electron chi connectivity index (χ2n) is 7.22. The van der Waals surface area contributed by atoms with Gasteiger partial charge in [-0.05, 0) is 43.3 Å². The van der Waals surface area contributed by atoms with Crippen LogP contribution < -0.4 is 21.7 Å². The topological polar surface area (TPSA) is 225 Å². The van der Waals surface area contributed by atoms with Gasteiger partial charge in [-0.2, -0.15) is 23.5 Å². The molecule has 0 aromatic heterocycles. The number of thioether (sulfide) groups is 2. The second kappa shape index (κ2) is 17.0. The van der Waals surface area contributed by atoms with E-state index in [9.17, 15) is 28.8 Å². The van der Waals surface area contributed by atoms with Gasteiger partial charge in [-0.3, -0.25) is 24.0 Å². The first-order chi connectivity index (χ1) is 15.9. The van der Waals surface area contributed by atoms with Crippen LogP contribution >= 0.6 is 23.5 Å². The van der Waals surface area contributed by atoms with Crippen molar-refractivity contribution in [2.45, 2.75) is 56.3 Å². The third-order valence-electron chi connectivity index (χ3n) is 4.49. The molecule has 0 rings (SSSR count). The van der Waals surface area contributed by atoms with Gasteiger partial charge in [-0.15, -0.1) is 0 Å². The van der Waals surface area contributed by atoms with Crippen LogP contribution in [-0.4, -0.2) is 99.1 Å². The summed E-state index contributed by atoms with van der Waals surface area (Å²) < 4.78 is 0. The van der Waals surface area contributed by atoms with Crippen molar-refractivity contribution in [1.82, 2.24) is 16.0 Å². The zero-order chi connectivity index (χ0) is 26.3. The maximum atomic E-state index is 12.9. The monoisotopic (exact) mass is 524 g/mol. The quantitative estimate of drug-likeness (QED) is 0.111. The molecule has 4 unspecified atom stereocenters. The van der Waals surface area contributed by atoms with Gasteiger partial charge >= 0.3 is 17.9 Å². The Hall–Kier alpha value is -2.52. The molecule has 4 atom stereocenters. The summed E-state index contributed by atoms with van der Waals surface area (Å²) in [6.07, 6.45) is 2.39. The molecule has 0 saturated heterocycles. The normalized spacial score (nSPS) is 14.2. The van der Waals surface area contributed by atoms with E-state index in [1.165, 1.54) is 23.5 Å². The summed E-state index contributed by atoms with van der Waals surface area (Å²) in [5, 5.41) is 33.8. The molecule has 0 aliphatic rings. The lowest BCUT2D eigenvalue weighted by molar-refractivity contribution is -0.147. The minimum absolute atomic E-state index is 0.192. The van der Waals surface area contributed by atoms with Crippen molar-refractivity contribution in [3.05, 3.63) is 0 Å². The summed E-state index contributed by atoms with van der Waals surface area (Å²) in [6, 6.07) is -5.18. The number of nitrogens with two attached hydrogens (primary N) is 1. The summed E-state index contributed by atoms with van der Waals surface area (Å²) in [5.74, 6) is -5.64. The molecule has 0 aromatic rings. The van der Waals surface area contributed by atoms with Crippen LogP contribution in [-0.2, 0) is 28.8 Å². The molecular weight excluding hydrogens is 492 g/mol. The summed E-state index contributed by atoms with van der Waals surface area (Å²) >= 11 is 2.91. The van der Waals surface area contributed by atoms with Crippen LogP contribution in [0.25, 0.3) is 0 Å². The van der Waals surface area contributed by atoms with E-state index in [0.29, 0.717) is 17.9 Å². The maximum Gasteiger partial charge on any atom is 0.326 e. The Morgan fingerprint density at radius 3 is 1.65 bits per heavy atom. The average molecular weight is 525 g/mol. The molecule has 13 nitrogen and oxygen atoms in total. The number of aliphatic carboxylic acids is 3. The predicted octanol–water partition coefficient (Wildman–Crippen LogP) is -1.30. The Morgan fingerprint density at radius 1 is 0.706 bits per heavy atom. The van der Waals surface area contributed by atoms with E-state index in [1.807, 2.05) is 11.6 Å². The second-order valence-corrected chi connectivity index (χ2v) is 9.19. The predicted molar refractivity (Wildman–Crippen MR) is 127 cm³/mol. The molecule has 0 aliphatic carbocycles. The van der Waals surface area contributed by atoms with Crippen LogP contribution in [0.3, 0.4) is 0 Å². The molecule has 194 valence electrons. The molecule has 0 heterocycles. The molecule has 0 bridgehead atoms. The van der Waals surface area contributed by atoms with Crippen LogP contribution in [0, 0.1) is 0 Å². The van der Waals surface area contributed by atoms with Crippen LogP contribution in [0.1, 0.15) is 32.1 Å². The van der Waals surface area contributed by atoms with Crippen molar-refractivity contribution < 1.29 is 44.1 Å². The number of carbonyl (C=O) groups excluding carboxylic acids is 3. The minimum Gasteiger partial charge on any atom is -0.481 e. The number of hydrogen-bond donors (Lipinski definition) is 7. The number of carboxylic acid groups (broad SMARTS) is 3. The van der Waals surface area contributed by atoms with Crippen LogP contribution in [0.2, 0.25) is 0 Å². The molecule has 0 aliphatic heterocycles. The van der Waals surface area contributed by atoms with Crippen molar-refractivity contribution in [2.24, 2.45) is 5.73 Å². The van der Waals surface area contributed by atoms with Crippen LogP contribution in [0.5, 0.6) is 0 Å². The van der Waals surface area contributed by atoms with E-state index < -0.39 is 72.6 Å². The van der Waals surface area contributed by atoms with E-state index in [1.54, 1.807) is 6.26 Å². The maximum absolute atomic E-state index is 12.9. The van der Waals surface area contributed by atoms with Crippen molar-refractivity contribution in [3.8, 4) is 0 Å². The smallest absolute Gasteiger partial charge is 0.326 e. The van der Waals surface area contributed by atoms with Crippen molar-refractivity contribution in [3.63, 3.8) is 0 Å². The molecule has 0 fully saturated rings. The zero-order valence-corrected chi connectivity index (χ0v) is 20.6. The lowest BCUT2D eigenvalue weighted by atomic mass is 10.1. The van der Waals surface area contributed by atoms with Gasteiger partial charge in [-0.25, -0.2) is 4.79 Å². The summed E-state index contributed by atoms with van der Waals surface area (Å²) in [5.41, 5.74) is 5.84. The molecule has 0 radical (unpaired) electrons. The highest BCUT2D eigenvalue weighted by atomic mass is 32.2. The van der Waals surface area contributed by atoms with Crippen molar-refractivity contribution >= 4 is 59.2 Å². The van der Waals surface area contributed by atoms with Gasteiger partial charge in [0, 0.05) is 6.42 Å². The van der Waals surface area contributed by atoms with Crippen molar-refractivity contribution in [2.75, 3.05) is 24.0 Å². The molecule has 0 spiro atoms. The van der Waals surface area contributed by atoms with Gasteiger partial charge in [0.25, 0.3) is 0 Å². The fourth-order valence-electron chi connectivity index (χ4n) is 2.62. The lowest BCUT2D eigenvalue weighted by Crippen LogP contribution is -2.57. The van der Waals surface area contributed by atoms with Gasteiger partial charge in [0.05, 0.1) is 12.5 Å². The molecule has 0 aromatic carbocycles. The highest BCUT2D eigenvalue weighted by molar-refractivity contribution is 7.98. The van der Waals surface area contributed by atoms with Gasteiger partial charge in [0.2, 0.25) is 17.7 Å². The Kier molecular flexibility index (Phi) is 15.7. The average Bonchev–Trinajstić information content (AvgIpc) is 2.76. The largest absolute Gasteiger partial charge is 0.481 e. The SMILES string of the molecule is CSCCC(N)C(=O)NC(CCSC)C(=O)NC(CCC(=O)O)C(=O)NC(CC(=O)O)C(=O)O. The zero-order valence-electron chi connectivity index (χ0n) is 18.9. The van der Waals surface area contributed by atoms with Crippen molar-refractivity contribution in [1.29, 1.82) is 0 Å². The highest BCUT2D eigenvalue weighted by Gasteiger charge is 2.31. The minimum atomic E-state index is -1.78. The Morgan fingerprint density at radius 2 is 1.18 bits per heavy atom. The molecule has 34 heavy (non-hydrogen) atoms. The van der Waals surface area contributed by atoms with Crippen LogP contribution in [0.4, 0.5) is 0 Å². The van der Waals surface area contributed by atoms with Gasteiger partial charge in [0.1, 0.15) is 18.1 Å². The number of carboxylic acids is 3. The summed E-state index contributed by atoms with van der Waals surface area (Å²) in [6.45, 7) is 0. The lowest BCUT2D eigenvalue weighted by Gasteiger charge is -2.24. The highest BCUT2D eigenvalue weighted by Crippen LogP contribution is 2.07. The molecule has 8 N–H and O–H groups in total. The van der Waals surface area contributed by atoms with Crippen LogP contribution in [0.15, 0.2) is 0 Å². The van der Waals surface area contributed by atoms with Gasteiger partial charge in [-0.1, -0.05) is 0 Å². The first-order valence-corrected chi connectivity index (χ1v) is 13.0. The van der Waals surface area contributed by atoms with E-state index in [2.05, 4.69) is 10.6 Å². The standard InChI is InChI=1S/C19H32N4O9S2/c1-33-7-5-10(20)16(28)21-12(6-8-34-2)18(30)22-11(3-4-14(24)25)17(29)23-13(19(31)32)9-15(26)27/h10-13H,3-9,20H2,1-2H3,(H,21,28)(H,22,30)(H,23,29)(H,24,25)(H,26,27)(H,31,32). The number of amides is 3. The molecule has 3 amide bonds. The first-order valence-electron chi connectivity index (χ1n) is 10.2. The van der Waals surface area contributed by atoms with E-state index >= 15 is 0 Å². The van der Waals surface area contributed by atoms with E-state index in [-0.39, 0.29) is 12.8 Å². The number of nitrogens with one attached hydrogen (secondary N) is 3. The third-order valence-corrected chi connectivity index (χ3v) is 5.77. The molecular formula is C19H32N4O9S2. The van der Waals surface area contributed by atoms with Gasteiger partial charge in [0.15, 0.2) is 0 Å². The number of rotatable bonds is 18. The molecule has 0 saturated carbocycles. The third kappa shape index (κ3) is 13.3. The van der Waals surface area contributed by atoms with Gasteiger partial charge < -0.3 is 37.0 Å². The number of hydrogen-bond acceptors (Lipinski definition) is 9. The van der Waals surface area contributed by atoms with E-state index in [4.69, 9.17) is 21.1 Å². The Balaban J connectivity index is 5.50. The fourth-order valence-corrected chi connectivity index (χ4v) is 3.58. The number of carbonyl (C=O) groups is 6. The summed E-state index contributed by atoms with van der Waals surface area (Å²) in [7, 11) is 0. The Labute approximate surface area is 205 Å².